The van der Waals surface area contributed by atoms with Crippen molar-refractivity contribution in [2.24, 2.45) is 0 Å². The first-order chi connectivity index (χ1) is 13.3. The maximum atomic E-state index is 13.6. The second-order valence-corrected chi connectivity index (χ2v) is 6.85. The molecule has 0 aliphatic carbocycles. The van der Waals surface area contributed by atoms with Crippen LogP contribution in [0.15, 0.2) is 36.5 Å². The van der Waals surface area contributed by atoms with Gasteiger partial charge < -0.3 is 10.3 Å². The minimum Gasteiger partial charge on any atom is -0.360 e. The standard InChI is InChI=1S/C19H13ClF3N3O2.CH4/c20-16-13(22)4-2-11-10(7-24-17(11)16)6-15-18(27)26(19(28)25-15)8-9-1-3-12(21)14(23)5-9;/h1-5,7,15,24H,6,8H2,(H,25,28);1H4/t15-;/m1./s1. The van der Waals surface area contributed by atoms with Gasteiger partial charge in [0, 0.05) is 18.0 Å². The zero-order valence-corrected chi connectivity index (χ0v) is 15.0. The van der Waals surface area contributed by atoms with E-state index in [4.69, 9.17) is 11.6 Å². The number of nitrogens with one attached hydrogen (secondary N) is 2. The van der Waals surface area contributed by atoms with Crippen LogP contribution < -0.4 is 5.32 Å². The summed E-state index contributed by atoms with van der Waals surface area (Å²) in [6.45, 7) is -0.177. The van der Waals surface area contributed by atoms with Crippen molar-refractivity contribution in [1.82, 2.24) is 15.2 Å². The molecule has 1 fully saturated rings. The van der Waals surface area contributed by atoms with Gasteiger partial charge in [-0.2, -0.15) is 0 Å². The lowest BCUT2D eigenvalue weighted by Gasteiger charge is -2.13. The summed E-state index contributed by atoms with van der Waals surface area (Å²) < 4.78 is 40.0. The molecule has 1 atom stereocenters. The number of benzene rings is 2. The Hall–Kier alpha value is -3.00. The van der Waals surface area contributed by atoms with Gasteiger partial charge in [-0.25, -0.2) is 18.0 Å². The van der Waals surface area contributed by atoms with Gasteiger partial charge in [-0.3, -0.25) is 9.69 Å². The van der Waals surface area contributed by atoms with Crippen LogP contribution in [0.4, 0.5) is 18.0 Å². The van der Waals surface area contributed by atoms with Crippen LogP contribution in [0, 0.1) is 17.5 Å². The topological polar surface area (TPSA) is 65.2 Å². The van der Waals surface area contributed by atoms with Crippen molar-refractivity contribution in [1.29, 1.82) is 0 Å². The monoisotopic (exact) mass is 423 g/mol. The number of hydrogen-bond donors (Lipinski definition) is 2. The van der Waals surface area contributed by atoms with Gasteiger partial charge >= 0.3 is 6.03 Å². The minimum absolute atomic E-state index is 0. The molecule has 1 aliphatic rings. The molecule has 4 rings (SSSR count). The number of halogens is 4. The summed E-state index contributed by atoms with van der Waals surface area (Å²) in [6.07, 6.45) is 1.77. The predicted molar refractivity (Wildman–Crippen MR) is 103 cm³/mol. The zero-order chi connectivity index (χ0) is 20.0. The second kappa shape index (κ2) is 7.79. The maximum Gasteiger partial charge on any atom is 0.325 e. The van der Waals surface area contributed by atoms with Crippen molar-refractivity contribution in [3.8, 4) is 0 Å². The van der Waals surface area contributed by atoms with Gasteiger partial charge in [0.15, 0.2) is 11.6 Å². The first-order valence-corrected chi connectivity index (χ1v) is 8.72. The number of aromatic nitrogens is 1. The minimum atomic E-state index is -1.05. The average Bonchev–Trinajstić information content (AvgIpc) is 3.18. The third kappa shape index (κ3) is 3.67. The average molecular weight is 424 g/mol. The fraction of sp³-hybridized carbons (Fsp3) is 0.200. The number of aromatic amines is 1. The van der Waals surface area contributed by atoms with E-state index in [0.29, 0.717) is 16.5 Å². The summed E-state index contributed by atoms with van der Waals surface area (Å²) >= 11 is 5.94. The molecule has 29 heavy (non-hydrogen) atoms. The smallest absolute Gasteiger partial charge is 0.325 e. The van der Waals surface area contributed by atoms with E-state index in [1.165, 1.54) is 12.1 Å². The van der Waals surface area contributed by atoms with E-state index < -0.39 is 35.4 Å². The number of nitrogens with zero attached hydrogens (tertiary/aromatic N) is 1. The molecule has 1 saturated heterocycles. The van der Waals surface area contributed by atoms with E-state index in [1.807, 2.05) is 0 Å². The Bertz CT molecular complexity index is 1120. The first kappa shape index (κ1) is 20.7. The van der Waals surface area contributed by atoms with Crippen LogP contribution in [0.1, 0.15) is 18.6 Å². The van der Waals surface area contributed by atoms with Crippen LogP contribution in [0.25, 0.3) is 10.9 Å². The molecule has 0 unspecified atom stereocenters. The molecule has 1 aliphatic heterocycles. The van der Waals surface area contributed by atoms with E-state index in [-0.39, 0.29) is 31.0 Å². The normalized spacial score (nSPS) is 16.3. The molecule has 3 amide bonds. The molecule has 2 aromatic carbocycles. The van der Waals surface area contributed by atoms with E-state index in [0.717, 1.165) is 17.0 Å². The van der Waals surface area contributed by atoms with Crippen LogP contribution in [0.3, 0.4) is 0 Å². The van der Waals surface area contributed by atoms with Crippen LogP contribution in [0.5, 0.6) is 0 Å². The molecule has 5 nitrogen and oxygen atoms in total. The Morgan fingerprint density at radius 1 is 1.03 bits per heavy atom. The summed E-state index contributed by atoms with van der Waals surface area (Å²) in [5, 5.41) is 3.17. The summed E-state index contributed by atoms with van der Waals surface area (Å²) in [7, 11) is 0. The third-order valence-corrected chi connectivity index (χ3v) is 5.06. The predicted octanol–water partition coefficient (Wildman–Crippen LogP) is 4.54. The van der Waals surface area contributed by atoms with Gasteiger partial charge in [0.1, 0.15) is 16.9 Å². The number of imide groups is 1. The zero-order valence-electron chi connectivity index (χ0n) is 14.2. The molecule has 2 heterocycles. The SMILES string of the molecule is C.O=C1N[C@H](Cc2c[nH]c3c(Cl)c(F)ccc23)C(=O)N1Cc1ccc(F)c(F)c1. The van der Waals surface area contributed by atoms with Crippen molar-refractivity contribution < 1.29 is 22.8 Å². The Morgan fingerprint density at radius 2 is 1.76 bits per heavy atom. The Morgan fingerprint density at radius 3 is 2.48 bits per heavy atom. The van der Waals surface area contributed by atoms with E-state index in [2.05, 4.69) is 10.3 Å². The lowest BCUT2D eigenvalue weighted by Crippen LogP contribution is -2.32. The fourth-order valence-corrected chi connectivity index (χ4v) is 3.49. The van der Waals surface area contributed by atoms with Crippen molar-refractivity contribution in [3.63, 3.8) is 0 Å². The van der Waals surface area contributed by atoms with E-state index in [9.17, 15) is 22.8 Å². The Kier molecular flexibility index (Phi) is 5.57. The number of H-pyrrole nitrogens is 1. The van der Waals surface area contributed by atoms with Crippen LogP contribution >= 0.6 is 11.6 Å². The molecule has 1 aromatic heterocycles. The summed E-state index contributed by atoms with van der Waals surface area (Å²) in [6, 6.07) is 4.51. The number of urea groups is 1. The van der Waals surface area contributed by atoms with Crippen molar-refractivity contribution in [2.45, 2.75) is 26.4 Å². The van der Waals surface area contributed by atoms with Gasteiger partial charge in [-0.05, 0) is 35.4 Å². The summed E-state index contributed by atoms with van der Waals surface area (Å²) in [4.78, 5) is 28.6. The van der Waals surface area contributed by atoms with Crippen molar-refractivity contribution >= 4 is 34.4 Å². The lowest BCUT2D eigenvalue weighted by molar-refractivity contribution is -0.127. The Balaban J connectivity index is 0.00000240. The van der Waals surface area contributed by atoms with Gasteiger partial charge in [-0.1, -0.05) is 25.1 Å². The molecule has 0 spiro atoms. The number of carbonyl (C=O) groups excluding carboxylic acids is 2. The number of fused-ring (bicyclic) bond motifs is 1. The summed E-state index contributed by atoms with van der Waals surface area (Å²) in [5.74, 6) is -3.11. The van der Waals surface area contributed by atoms with Gasteiger partial charge in [0.05, 0.1) is 12.1 Å². The lowest BCUT2D eigenvalue weighted by atomic mass is 10.0. The largest absolute Gasteiger partial charge is 0.360 e. The molecule has 0 bridgehead atoms. The molecule has 2 N–H and O–H groups in total. The van der Waals surface area contributed by atoms with Gasteiger partial charge in [0.25, 0.3) is 5.91 Å². The highest BCUT2D eigenvalue weighted by molar-refractivity contribution is 6.35. The molecule has 152 valence electrons. The van der Waals surface area contributed by atoms with Crippen molar-refractivity contribution in [2.75, 3.05) is 0 Å². The fourth-order valence-electron chi connectivity index (χ4n) is 3.27. The maximum absolute atomic E-state index is 13.6. The Labute approximate surface area is 169 Å². The number of hydrogen-bond acceptors (Lipinski definition) is 2. The van der Waals surface area contributed by atoms with Crippen LogP contribution in [-0.2, 0) is 17.8 Å². The van der Waals surface area contributed by atoms with Crippen LogP contribution in [0.2, 0.25) is 5.02 Å². The third-order valence-electron chi connectivity index (χ3n) is 4.69. The molecule has 9 heteroatoms. The first-order valence-electron chi connectivity index (χ1n) is 8.35. The van der Waals surface area contributed by atoms with Crippen molar-refractivity contribution in [3.05, 3.63) is 70.1 Å². The van der Waals surface area contributed by atoms with E-state index >= 15 is 0 Å². The second-order valence-electron chi connectivity index (χ2n) is 6.48. The number of carbonyl (C=O) groups is 2. The summed E-state index contributed by atoms with van der Waals surface area (Å²) in [5.41, 5.74) is 1.38. The number of amides is 3. The van der Waals surface area contributed by atoms with Gasteiger partial charge in [-0.15, -0.1) is 0 Å². The molecular weight excluding hydrogens is 407 g/mol. The highest BCUT2D eigenvalue weighted by Gasteiger charge is 2.38. The van der Waals surface area contributed by atoms with Crippen LogP contribution in [-0.4, -0.2) is 27.9 Å². The van der Waals surface area contributed by atoms with E-state index in [1.54, 1.807) is 12.3 Å². The molecule has 0 saturated carbocycles. The molecule has 0 radical (unpaired) electrons. The quantitative estimate of drug-likeness (QED) is 0.605. The molecule has 3 aromatic rings. The highest BCUT2D eigenvalue weighted by Crippen LogP contribution is 2.29. The number of rotatable bonds is 4. The van der Waals surface area contributed by atoms with Gasteiger partial charge in [0.2, 0.25) is 0 Å². The highest BCUT2D eigenvalue weighted by atomic mass is 35.5. The molecular formula is C20H17ClF3N3O2.